The lowest BCUT2D eigenvalue weighted by Crippen LogP contribution is -2.30. The molecule has 1 aromatic carbocycles. The largest absolute Gasteiger partial charge is 0.471 e. The summed E-state index contributed by atoms with van der Waals surface area (Å²) in [5.41, 5.74) is 1.12. The first-order valence-electron chi connectivity index (χ1n) is 6.00. The van der Waals surface area contributed by atoms with Crippen molar-refractivity contribution in [3.05, 3.63) is 47.9 Å². The van der Waals surface area contributed by atoms with E-state index in [1.54, 1.807) is 12.2 Å². The lowest BCUT2D eigenvalue weighted by Gasteiger charge is -2.09. The standard InChI is InChI=1S/C14H12F3N3O/c1-20-9-18-11(8-7-10-5-3-2-4-6-10)12(20)19-13(21)14(15,16)17/h2-9H,1H3,(H,19,21)/b8-7+. The Morgan fingerprint density at radius 1 is 1.24 bits per heavy atom. The zero-order valence-electron chi connectivity index (χ0n) is 11.1. The molecule has 0 aliphatic carbocycles. The fourth-order valence-corrected chi connectivity index (χ4v) is 1.64. The van der Waals surface area contributed by atoms with E-state index in [0.29, 0.717) is 0 Å². The molecule has 2 aromatic rings. The van der Waals surface area contributed by atoms with Crippen LogP contribution in [0.2, 0.25) is 0 Å². The predicted octanol–water partition coefficient (Wildman–Crippen LogP) is 3.09. The molecule has 4 nitrogen and oxygen atoms in total. The molecule has 110 valence electrons. The van der Waals surface area contributed by atoms with E-state index in [4.69, 9.17) is 0 Å². The summed E-state index contributed by atoms with van der Waals surface area (Å²) < 4.78 is 38.2. The summed E-state index contributed by atoms with van der Waals surface area (Å²) >= 11 is 0. The number of anilines is 1. The zero-order valence-corrected chi connectivity index (χ0v) is 11.1. The summed E-state index contributed by atoms with van der Waals surface area (Å²) in [6.45, 7) is 0. The van der Waals surface area contributed by atoms with E-state index in [1.807, 2.05) is 35.6 Å². The smallest absolute Gasteiger partial charge is 0.320 e. The van der Waals surface area contributed by atoms with Gasteiger partial charge in [0.1, 0.15) is 11.5 Å². The average molecular weight is 295 g/mol. The maximum absolute atomic E-state index is 12.3. The predicted molar refractivity (Wildman–Crippen MR) is 73.3 cm³/mol. The third-order valence-corrected chi connectivity index (χ3v) is 2.69. The highest BCUT2D eigenvalue weighted by molar-refractivity contribution is 5.96. The molecule has 2 rings (SSSR count). The summed E-state index contributed by atoms with van der Waals surface area (Å²) in [4.78, 5) is 15.0. The second-order valence-corrected chi connectivity index (χ2v) is 4.29. The van der Waals surface area contributed by atoms with Crippen molar-refractivity contribution >= 4 is 23.9 Å². The number of amides is 1. The number of aryl methyl sites for hydroxylation is 1. The van der Waals surface area contributed by atoms with E-state index in [-0.39, 0.29) is 11.5 Å². The number of nitrogens with one attached hydrogen (secondary N) is 1. The second kappa shape index (κ2) is 5.82. The molecule has 7 heteroatoms. The molecule has 0 radical (unpaired) electrons. The van der Waals surface area contributed by atoms with E-state index >= 15 is 0 Å². The van der Waals surface area contributed by atoms with Crippen LogP contribution < -0.4 is 5.32 Å². The lowest BCUT2D eigenvalue weighted by atomic mass is 10.2. The van der Waals surface area contributed by atoms with Gasteiger partial charge in [-0.2, -0.15) is 13.2 Å². The van der Waals surface area contributed by atoms with Gasteiger partial charge in [0, 0.05) is 7.05 Å². The number of hydrogen-bond acceptors (Lipinski definition) is 2. The minimum Gasteiger partial charge on any atom is -0.320 e. The molecule has 1 aromatic heterocycles. The molecular weight excluding hydrogens is 283 g/mol. The number of nitrogens with zero attached hydrogens (tertiary/aromatic N) is 2. The van der Waals surface area contributed by atoms with E-state index in [1.165, 1.54) is 17.9 Å². The molecule has 1 amide bonds. The fraction of sp³-hybridized carbons (Fsp3) is 0.143. The van der Waals surface area contributed by atoms with E-state index in [0.717, 1.165) is 5.56 Å². The molecule has 0 bridgehead atoms. The highest BCUT2D eigenvalue weighted by atomic mass is 19.4. The Labute approximate surface area is 118 Å². The first-order chi connectivity index (χ1) is 9.88. The van der Waals surface area contributed by atoms with Crippen LogP contribution in [-0.4, -0.2) is 21.6 Å². The summed E-state index contributed by atoms with van der Waals surface area (Å²) in [5, 5.41) is 1.82. The summed E-state index contributed by atoms with van der Waals surface area (Å²) in [6, 6.07) is 9.21. The van der Waals surface area contributed by atoms with Crippen molar-refractivity contribution in [3.63, 3.8) is 0 Å². The molecular formula is C14H12F3N3O. The quantitative estimate of drug-likeness (QED) is 0.946. The molecule has 0 saturated carbocycles. The third kappa shape index (κ3) is 3.71. The fourth-order valence-electron chi connectivity index (χ4n) is 1.64. The van der Waals surface area contributed by atoms with Crippen LogP contribution >= 0.6 is 0 Å². The molecule has 0 aliphatic heterocycles. The van der Waals surface area contributed by atoms with Gasteiger partial charge in [0.2, 0.25) is 0 Å². The number of carbonyl (C=O) groups excluding carboxylic acids is 1. The van der Waals surface area contributed by atoms with Gasteiger partial charge in [0.05, 0.1) is 6.33 Å². The zero-order chi connectivity index (χ0) is 15.5. The molecule has 0 fully saturated rings. The number of carbonyl (C=O) groups is 1. The Bertz CT molecular complexity index is 660. The van der Waals surface area contributed by atoms with Gasteiger partial charge in [0.25, 0.3) is 0 Å². The second-order valence-electron chi connectivity index (χ2n) is 4.29. The van der Waals surface area contributed by atoms with Crippen molar-refractivity contribution in [3.8, 4) is 0 Å². The number of halogens is 3. The summed E-state index contributed by atoms with van der Waals surface area (Å²) in [7, 11) is 1.50. The summed E-state index contributed by atoms with van der Waals surface area (Å²) in [5.74, 6) is -2.04. The number of rotatable bonds is 3. The number of aromatic nitrogens is 2. The van der Waals surface area contributed by atoms with Gasteiger partial charge < -0.3 is 9.88 Å². The van der Waals surface area contributed by atoms with Crippen LogP contribution in [0.5, 0.6) is 0 Å². The average Bonchev–Trinajstić information content (AvgIpc) is 2.78. The first kappa shape index (κ1) is 14.8. The Hall–Kier alpha value is -2.57. The van der Waals surface area contributed by atoms with Crippen molar-refractivity contribution in [1.29, 1.82) is 0 Å². The first-order valence-corrected chi connectivity index (χ1v) is 6.00. The van der Waals surface area contributed by atoms with Crippen molar-refractivity contribution in [2.45, 2.75) is 6.18 Å². The SMILES string of the molecule is Cn1cnc(/C=C/c2ccccc2)c1NC(=O)C(F)(F)F. The minimum absolute atomic E-state index is 0.00972. The highest BCUT2D eigenvalue weighted by Crippen LogP contribution is 2.21. The number of alkyl halides is 3. The van der Waals surface area contributed by atoms with Gasteiger partial charge in [-0.15, -0.1) is 0 Å². The van der Waals surface area contributed by atoms with Gasteiger partial charge in [-0.3, -0.25) is 4.79 Å². The Morgan fingerprint density at radius 2 is 1.90 bits per heavy atom. The molecule has 0 saturated heterocycles. The summed E-state index contributed by atoms with van der Waals surface area (Å²) in [6.07, 6.45) is -0.367. The van der Waals surface area contributed by atoms with Gasteiger partial charge >= 0.3 is 12.1 Å². The number of imidazole rings is 1. The van der Waals surface area contributed by atoms with Crippen LogP contribution in [0.1, 0.15) is 11.3 Å². The van der Waals surface area contributed by atoms with Crippen molar-refractivity contribution in [1.82, 2.24) is 9.55 Å². The molecule has 21 heavy (non-hydrogen) atoms. The lowest BCUT2D eigenvalue weighted by molar-refractivity contribution is -0.167. The molecule has 1 heterocycles. The van der Waals surface area contributed by atoms with E-state index in [2.05, 4.69) is 4.98 Å². The van der Waals surface area contributed by atoms with Crippen LogP contribution in [0.4, 0.5) is 19.0 Å². The molecule has 0 atom stereocenters. The van der Waals surface area contributed by atoms with Crippen molar-refractivity contribution in [2.24, 2.45) is 7.05 Å². The third-order valence-electron chi connectivity index (χ3n) is 2.69. The monoisotopic (exact) mass is 295 g/mol. The van der Waals surface area contributed by atoms with E-state index < -0.39 is 12.1 Å². The van der Waals surface area contributed by atoms with Crippen LogP contribution in [-0.2, 0) is 11.8 Å². The number of benzene rings is 1. The minimum atomic E-state index is -4.94. The maximum Gasteiger partial charge on any atom is 0.471 e. The van der Waals surface area contributed by atoms with Gasteiger partial charge in [-0.05, 0) is 11.6 Å². The van der Waals surface area contributed by atoms with Crippen molar-refractivity contribution < 1.29 is 18.0 Å². The van der Waals surface area contributed by atoms with Gasteiger partial charge in [-0.1, -0.05) is 36.4 Å². The van der Waals surface area contributed by atoms with Crippen LogP contribution in [0.15, 0.2) is 36.7 Å². The highest BCUT2D eigenvalue weighted by Gasteiger charge is 2.39. The van der Waals surface area contributed by atoms with Gasteiger partial charge in [0.15, 0.2) is 0 Å². The topological polar surface area (TPSA) is 46.9 Å². The Balaban J connectivity index is 2.23. The molecule has 0 unspecified atom stereocenters. The van der Waals surface area contributed by atoms with E-state index in [9.17, 15) is 18.0 Å². The van der Waals surface area contributed by atoms with Crippen molar-refractivity contribution in [2.75, 3.05) is 5.32 Å². The van der Waals surface area contributed by atoms with Crippen LogP contribution in [0.25, 0.3) is 12.2 Å². The maximum atomic E-state index is 12.3. The Kier molecular flexibility index (Phi) is 4.11. The normalized spacial score (nSPS) is 11.8. The van der Waals surface area contributed by atoms with Gasteiger partial charge in [-0.25, -0.2) is 4.98 Å². The number of hydrogen-bond donors (Lipinski definition) is 1. The molecule has 0 aliphatic rings. The molecule has 1 N–H and O–H groups in total. The van der Waals surface area contributed by atoms with Crippen LogP contribution in [0, 0.1) is 0 Å². The molecule has 0 spiro atoms. The Morgan fingerprint density at radius 3 is 2.52 bits per heavy atom. The van der Waals surface area contributed by atoms with Crippen LogP contribution in [0.3, 0.4) is 0 Å².